The SMILES string of the molecule is COC(=O)N1CCC(C)[C@H]1C(=O)O. The molecule has 0 aromatic carbocycles. The summed E-state index contributed by atoms with van der Waals surface area (Å²) in [5.74, 6) is -0.966. The maximum atomic E-state index is 11.1. The maximum absolute atomic E-state index is 11.1. The molecular formula is C8H13NO4. The first kappa shape index (κ1) is 9.83. The molecule has 0 aliphatic carbocycles. The summed E-state index contributed by atoms with van der Waals surface area (Å²) < 4.78 is 4.49. The molecule has 1 aliphatic heterocycles. The van der Waals surface area contributed by atoms with Gasteiger partial charge in [0.25, 0.3) is 0 Å². The molecule has 1 unspecified atom stereocenters. The second-order valence-electron chi connectivity index (χ2n) is 3.21. The van der Waals surface area contributed by atoms with Crippen LogP contribution in [0.1, 0.15) is 13.3 Å². The zero-order chi connectivity index (χ0) is 10.0. The van der Waals surface area contributed by atoms with E-state index >= 15 is 0 Å². The average molecular weight is 187 g/mol. The quantitative estimate of drug-likeness (QED) is 0.650. The molecule has 1 amide bonds. The highest BCUT2D eigenvalue weighted by molar-refractivity contribution is 5.81. The normalized spacial score (nSPS) is 27.4. The number of ether oxygens (including phenoxy) is 1. The van der Waals surface area contributed by atoms with Gasteiger partial charge in [-0.25, -0.2) is 9.59 Å². The molecule has 1 rings (SSSR count). The Kier molecular flexibility index (Phi) is 2.75. The molecule has 1 saturated heterocycles. The number of aliphatic carboxylic acids is 1. The Morgan fingerprint density at radius 2 is 2.15 bits per heavy atom. The highest BCUT2D eigenvalue weighted by Crippen LogP contribution is 2.24. The molecule has 1 N–H and O–H groups in total. The number of likely N-dealkylation sites (tertiary alicyclic amines) is 1. The summed E-state index contributed by atoms with van der Waals surface area (Å²) in [4.78, 5) is 23.2. The molecule has 13 heavy (non-hydrogen) atoms. The van der Waals surface area contributed by atoms with Gasteiger partial charge in [-0.05, 0) is 12.3 Å². The van der Waals surface area contributed by atoms with E-state index in [1.165, 1.54) is 12.0 Å². The van der Waals surface area contributed by atoms with E-state index in [4.69, 9.17) is 5.11 Å². The van der Waals surface area contributed by atoms with Gasteiger partial charge in [-0.15, -0.1) is 0 Å². The van der Waals surface area contributed by atoms with Gasteiger partial charge in [-0.3, -0.25) is 4.90 Å². The minimum absolute atomic E-state index is 0.00315. The third-order valence-corrected chi connectivity index (χ3v) is 2.36. The van der Waals surface area contributed by atoms with E-state index in [0.717, 1.165) is 0 Å². The summed E-state index contributed by atoms with van der Waals surface area (Å²) in [7, 11) is 1.25. The van der Waals surface area contributed by atoms with Crippen LogP contribution in [0.2, 0.25) is 0 Å². The van der Waals surface area contributed by atoms with Gasteiger partial charge in [0.05, 0.1) is 7.11 Å². The summed E-state index contributed by atoms with van der Waals surface area (Å²) in [6.45, 7) is 2.28. The minimum Gasteiger partial charge on any atom is -0.480 e. The number of carboxylic acid groups (broad SMARTS) is 1. The number of carboxylic acids is 1. The topological polar surface area (TPSA) is 66.8 Å². The van der Waals surface area contributed by atoms with Crippen LogP contribution in [0.25, 0.3) is 0 Å². The van der Waals surface area contributed by atoms with E-state index < -0.39 is 18.1 Å². The molecule has 74 valence electrons. The highest BCUT2D eigenvalue weighted by atomic mass is 16.5. The Morgan fingerprint density at radius 1 is 1.54 bits per heavy atom. The molecule has 0 aromatic rings. The van der Waals surface area contributed by atoms with Crippen molar-refractivity contribution in [2.24, 2.45) is 5.92 Å². The summed E-state index contributed by atoms with van der Waals surface area (Å²) in [5.41, 5.74) is 0. The van der Waals surface area contributed by atoms with Gasteiger partial charge in [0, 0.05) is 6.54 Å². The largest absolute Gasteiger partial charge is 0.480 e. The third kappa shape index (κ3) is 1.74. The summed E-state index contributed by atoms with van der Waals surface area (Å²) >= 11 is 0. The summed E-state index contributed by atoms with van der Waals surface area (Å²) in [6.07, 6.45) is 0.156. The molecule has 5 nitrogen and oxygen atoms in total. The van der Waals surface area contributed by atoms with Crippen molar-refractivity contribution in [1.29, 1.82) is 0 Å². The molecule has 1 fully saturated rings. The monoisotopic (exact) mass is 187 g/mol. The fraction of sp³-hybridized carbons (Fsp3) is 0.750. The number of amides is 1. The molecule has 5 heteroatoms. The standard InChI is InChI=1S/C8H13NO4/c1-5-3-4-9(8(12)13-2)6(5)7(10)11/h5-6H,3-4H2,1-2H3,(H,10,11)/t5?,6-/m0/s1. The van der Waals surface area contributed by atoms with Crippen molar-refractivity contribution in [1.82, 2.24) is 4.90 Å². The van der Waals surface area contributed by atoms with Gasteiger partial charge < -0.3 is 9.84 Å². The predicted octanol–water partition coefficient (Wildman–Crippen LogP) is 0.548. The first-order valence-electron chi connectivity index (χ1n) is 4.15. The van der Waals surface area contributed by atoms with E-state index in [1.807, 2.05) is 6.92 Å². The van der Waals surface area contributed by atoms with Gasteiger partial charge >= 0.3 is 12.1 Å². The van der Waals surface area contributed by atoms with Crippen molar-refractivity contribution in [3.8, 4) is 0 Å². The lowest BCUT2D eigenvalue weighted by Crippen LogP contribution is -2.42. The van der Waals surface area contributed by atoms with E-state index in [1.54, 1.807) is 0 Å². The van der Waals surface area contributed by atoms with Gasteiger partial charge in [-0.1, -0.05) is 6.92 Å². The van der Waals surface area contributed by atoms with Crippen LogP contribution in [0, 0.1) is 5.92 Å². The van der Waals surface area contributed by atoms with Crippen LogP contribution in [0.5, 0.6) is 0 Å². The van der Waals surface area contributed by atoms with E-state index in [9.17, 15) is 9.59 Å². The van der Waals surface area contributed by atoms with E-state index in [-0.39, 0.29) is 5.92 Å². The number of carbonyl (C=O) groups is 2. The average Bonchev–Trinajstić information content (AvgIpc) is 2.45. The number of methoxy groups -OCH3 is 1. The molecular weight excluding hydrogens is 174 g/mol. The Bertz CT molecular complexity index is 228. The number of nitrogens with zero attached hydrogens (tertiary/aromatic N) is 1. The Morgan fingerprint density at radius 3 is 2.62 bits per heavy atom. The Hall–Kier alpha value is -1.26. The van der Waals surface area contributed by atoms with Crippen molar-refractivity contribution < 1.29 is 19.4 Å². The van der Waals surface area contributed by atoms with E-state index in [0.29, 0.717) is 13.0 Å². The van der Waals surface area contributed by atoms with Gasteiger partial charge in [-0.2, -0.15) is 0 Å². The van der Waals surface area contributed by atoms with Crippen LogP contribution < -0.4 is 0 Å². The molecule has 0 saturated carbocycles. The van der Waals surface area contributed by atoms with Crippen LogP contribution in [-0.2, 0) is 9.53 Å². The van der Waals surface area contributed by atoms with Crippen molar-refractivity contribution in [2.75, 3.05) is 13.7 Å². The van der Waals surface area contributed by atoms with Crippen LogP contribution in [0.15, 0.2) is 0 Å². The molecule has 0 radical (unpaired) electrons. The molecule has 1 aliphatic rings. The Labute approximate surface area is 76.3 Å². The maximum Gasteiger partial charge on any atom is 0.410 e. The van der Waals surface area contributed by atoms with Crippen LogP contribution in [-0.4, -0.2) is 41.8 Å². The molecule has 0 aromatic heterocycles. The van der Waals surface area contributed by atoms with Crippen LogP contribution >= 0.6 is 0 Å². The fourth-order valence-corrected chi connectivity index (χ4v) is 1.65. The first-order valence-corrected chi connectivity index (χ1v) is 4.15. The summed E-state index contributed by atoms with van der Waals surface area (Å²) in [6, 6.07) is -0.729. The van der Waals surface area contributed by atoms with Gasteiger partial charge in [0.2, 0.25) is 0 Å². The third-order valence-electron chi connectivity index (χ3n) is 2.36. The number of hydrogen-bond donors (Lipinski definition) is 1. The molecule has 0 bridgehead atoms. The number of rotatable bonds is 1. The Balaban J connectivity index is 2.75. The second kappa shape index (κ2) is 3.64. The van der Waals surface area contributed by atoms with E-state index in [2.05, 4.69) is 4.74 Å². The lowest BCUT2D eigenvalue weighted by atomic mass is 10.0. The number of hydrogen-bond acceptors (Lipinski definition) is 3. The summed E-state index contributed by atoms with van der Waals surface area (Å²) in [5, 5.41) is 8.85. The smallest absolute Gasteiger partial charge is 0.410 e. The van der Waals surface area contributed by atoms with Crippen molar-refractivity contribution in [2.45, 2.75) is 19.4 Å². The highest BCUT2D eigenvalue weighted by Gasteiger charge is 2.39. The van der Waals surface area contributed by atoms with Crippen LogP contribution in [0.3, 0.4) is 0 Å². The van der Waals surface area contributed by atoms with Crippen LogP contribution in [0.4, 0.5) is 4.79 Å². The van der Waals surface area contributed by atoms with Crippen molar-refractivity contribution in [3.05, 3.63) is 0 Å². The zero-order valence-corrected chi connectivity index (χ0v) is 7.69. The lowest BCUT2D eigenvalue weighted by molar-refractivity contribution is -0.142. The fourth-order valence-electron chi connectivity index (χ4n) is 1.65. The molecule has 0 spiro atoms. The first-order chi connectivity index (χ1) is 6.07. The molecule has 1 heterocycles. The predicted molar refractivity (Wildman–Crippen MR) is 44.3 cm³/mol. The number of carbonyl (C=O) groups excluding carboxylic acids is 1. The van der Waals surface area contributed by atoms with Gasteiger partial charge in [0.1, 0.15) is 6.04 Å². The minimum atomic E-state index is -0.963. The molecule has 2 atom stereocenters. The van der Waals surface area contributed by atoms with Crippen molar-refractivity contribution in [3.63, 3.8) is 0 Å². The second-order valence-corrected chi connectivity index (χ2v) is 3.21. The van der Waals surface area contributed by atoms with Crippen molar-refractivity contribution >= 4 is 12.1 Å². The lowest BCUT2D eigenvalue weighted by Gasteiger charge is -2.21. The van der Waals surface area contributed by atoms with Gasteiger partial charge in [0.15, 0.2) is 0 Å². The zero-order valence-electron chi connectivity index (χ0n) is 7.69.